The lowest BCUT2D eigenvalue weighted by Gasteiger charge is -2.03. The van der Waals surface area contributed by atoms with Crippen molar-refractivity contribution in [1.82, 2.24) is 0 Å². The van der Waals surface area contributed by atoms with E-state index in [1.165, 1.54) is 32.1 Å². The predicted octanol–water partition coefficient (Wildman–Crippen LogP) is 2.19. The van der Waals surface area contributed by atoms with Crippen molar-refractivity contribution in [3.8, 4) is 0 Å². The Balaban J connectivity index is 2.87. The van der Waals surface area contributed by atoms with E-state index in [1.807, 2.05) is 0 Å². The highest BCUT2D eigenvalue weighted by Gasteiger charge is 1.96. The van der Waals surface area contributed by atoms with Gasteiger partial charge in [-0.15, -0.1) is 0 Å². The van der Waals surface area contributed by atoms with E-state index < -0.39 is 6.29 Å². The van der Waals surface area contributed by atoms with Gasteiger partial charge in [0.25, 0.3) is 0 Å². The van der Waals surface area contributed by atoms with E-state index in [2.05, 4.69) is 0 Å². The summed E-state index contributed by atoms with van der Waals surface area (Å²) in [5, 5.41) is 25.8. The third-order valence-corrected chi connectivity index (χ3v) is 2.62. The predicted molar refractivity (Wildman–Crippen MR) is 61.5 cm³/mol. The molecular formula is C12H26O3. The molecule has 3 nitrogen and oxygen atoms in total. The van der Waals surface area contributed by atoms with Gasteiger partial charge in [-0.25, -0.2) is 0 Å². The molecule has 0 aliphatic rings. The Kier molecular flexibility index (Phi) is 11.9. The molecule has 0 atom stereocenters. The molecular weight excluding hydrogens is 192 g/mol. The lowest BCUT2D eigenvalue weighted by atomic mass is 10.1. The highest BCUT2D eigenvalue weighted by Crippen LogP contribution is 2.10. The molecule has 0 aliphatic carbocycles. The molecule has 0 unspecified atom stereocenters. The molecule has 0 rings (SSSR count). The Morgan fingerprint density at radius 2 is 1.00 bits per heavy atom. The van der Waals surface area contributed by atoms with Crippen LogP contribution in [0.5, 0.6) is 0 Å². The summed E-state index contributed by atoms with van der Waals surface area (Å²) in [7, 11) is 0. The Morgan fingerprint density at radius 1 is 0.600 bits per heavy atom. The number of rotatable bonds is 11. The first-order valence-electron chi connectivity index (χ1n) is 6.24. The van der Waals surface area contributed by atoms with Crippen LogP contribution in [-0.4, -0.2) is 28.2 Å². The van der Waals surface area contributed by atoms with Gasteiger partial charge >= 0.3 is 0 Å². The zero-order valence-electron chi connectivity index (χ0n) is 9.70. The first-order chi connectivity index (χ1) is 7.27. The van der Waals surface area contributed by atoms with Gasteiger partial charge in [0.2, 0.25) is 0 Å². The van der Waals surface area contributed by atoms with E-state index in [1.54, 1.807) is 0 Å². The van der Waals surface area contributed by atoms with Crippen molar-refractivity contribution in [2.24, 2.45) is 0 Å². The van der Waals surface area contributed by atoms with Gasteiger partial charge in [-0.05, 0) is 19.3 Å². The second-order valence-corrected chi connectivity index (χ2v) is 4.17. The zero-order chi connectivity index (χ0) is 11.4. The third-order valence-electron chi connectivity index (χ3n) is 2.62. The van der Waals surface area contributed by atoms with Crippen LogP contribution in [0.4, 0.5) is 0 Å². The van der Waals surface area contributed by atoms with Gasteiger partial charge in [0.15, 0.2) is 6.29 Å². The van der Waals surface area contributed by atoms with Crippen molar-refractivity contribution in [1.29, 1.82) is 0 Å². The lowest BCUT2D eigenvalue weighted by Crippen LogP contribution is -2.02. The fraction of sp³-hybridized carbons (Fsp3) is 1.00. The topological polar surface area (TPSA) is 60.7 Å². The van der Waals surface area contributed by atoms with Gasteiger partial charge in [0.1, 0.15) is 0 Å². The standard InChI is InChI=1S/C12H26O3/c13-11-9-7-5-3-1-2-4-6-8-10-12(14)15/h12-15H,1-11H2. The minimum Gasteiger partial charge on any atom is -0.396 e. The van der Waals surface area contributed by atoms with Gasteiger partial charge in [-0.2, -0.15) is 0 Å². The Labute approximate surface area is 93.1 Å². The quantitative estimate of drug-likeness (QED) is 0.368. The third kappa shape index (κ3) is 13.9. The smallest absolute Gasteiger partial charge is 0.151 e. The number of unbranched alkanes of at least 4 members (excludes halogenated alkanes) is 8. The van der Waals surface area contributed by atoms with Crippen LogP contribution >= 0.6 is 0 Å². The molecule has 0 aliphatic heterocycles. The molecule has 15 heavy (non-hydrogen) atoms. The first-order valence-corrected chi connectivity index (χ1v) is 6.24. The van der Waals surface area contributed by atoms with E-state index >= 15 is 0 Å². The molecule has 0 saturated heterocycles. The highest BCUT2D eigenvalue weighted by molar-refractivity contribution is 4.48. The summed E-state index contributed by atoms with van der Waals surface area (Å²) in [6.45, 7) is 0.323. The number of hydrogen-bond acceptors (Lipinski definition) is 3. The maximum Gasteiger partial charge on any atom is 0.151 e. The average Bonchev–Trinajstić information content (AvgIpc) is 2.20. The van der Waals surface area contributed by atoms with Gasteiger partial charge in [-0.3, -0.25) is 0 Å². The summed E-state index contributed by atoms with van der Waals surface area (Å²) < 4.78 is 0. The molecule has 0 radical (unpaired) electrons. The molecule has 0 fully saturated rings. The van der Waals surface area contributed by atoms with E-state index in [0.717, 1.165) is 25.7 Å². The second-order valence-electron chi connectivity index (χ2n) is 4.17. The molecule has 0 aromatic carbocycles. The molecule has 92 valence electrons. The van der Waals surface area contributed by atoms with E-state index in [4.69, 9.17) is 15.3 Å². The fourth-order valence-electron chi connectivity index (χ4n) is 1.68. The summed E-state index contributed by atoms with van der Waals surface area (Å²) in [4.78, 5) is 0. The molecule has 3 N–H and O–H groups in total. The van der Waals surface area contributed by atoms with Crippen molar-refractivity contribution in [2.45, 2.75) is 70.5 Å². The summed E-state index contributed by atoms with van der Waals surface area (Å²) in [6.07, 6.45) is 9.72. The Bertz CT molecular complexity index is 115. The number of aliphatic hydroxyl groups is 3. The first kappa shape index (κ1) is 14.9. The van der Waals surface area contributed by atoms with Crippen LogP contribution < -0.4 is 0 Å². The Hall–Kier alpha value is -0.120. The molecule has 0 spiro atoms. The van der Waals surface area contributed by atoms with Crippen molar-refractivity contribution in [2.75, 3.05) is 6.61 Å². The minimum atomic E-state index is -1.12. The summed E-state index contributed by atoms with van der Waals surface area (Å²) in [5.74, 6) is 0. The number of aliphatic hydroxyl groups excluding tert-OH is 2. The van der Waals surface area contributed by atoms with Gasteiger partial charge < -0.3 is 15.3 Å². The van der Waals surface area contributed by atoms with Crippen LogP contribution in [0.25, 0.3) is 0 Å². The Morgan fingerprint density at radius 3 is 1.40 bits per heavy atom. The monoisotopic (exact) mass is 218 g/mol. The zero-order valence-corrected chi connectivity index (χ0v) is 9.70. The molecule has 0 amide bonds. The summed E-state index contributed by atoms with van der Waals surface area (Å²) in [5.41, 5.74) is 0. The van der Waals surface area contributed by atoms with Crippen molar-refractivity contribution in [3.05, 3.63) is 0 Å². The molecule has 0 saturated carbocycles. The van der Waals surface area contributed by atoms with Crippen molar-refractivity contribution < 1.29 is 15.3 Å². The normalized spacial score (nSPS) is 11.2. The molecule has 0 bridgehead atoms. The molecule has 0 heterocycles. The maximum atomic E-state index is 8.61. The molecule has 3 heteroatoms. The van der Waals surface area contributed by atoms with Crippen molar-refractivity contribution in [3.63, 3.8) is 0 Å². The molecule has 0 aromatic rings. The van der Waals surface area contributed by atoms with Crippen molar-refractivity contribution >= 4 is 0 Å². The minimum absolute atomic E-state index is 0.323. The van der Waals surface area contributed by atoms with Crippen LogP contribution in [0.3, 0.4) is 0 Å². The van der Waals surface area contributed by atoms with E-state index in [9.17, 15) is 0 Å². The average molecular weight is 218 g/mol. The molecule has 0 aromatic heterocycles. The van der Waals surface area contributed by atoms with Crippen LogP contribution in [0.1, 0.15) is 64.2 Å². The van der Waals surface area contributed by atoms with E-state index in [-0.39, 0.29) is 0 Å². The van der Waals surface area contributed by atoms with Gasteiger partial charge in [0.05, 0.1) is 0 Å². The fourth-order valence-corrected chi connectivity index (χ4v) is 1.68. The van der Waals surface area contributed by atoms with Gasteiger partial charge in [0, 0.05) is 6.61 Å². The van der Waals surface area contributed by atoms with Crippen LogP contribution in [-0.2, 0) is 0 Å². The SMILES string of the molecule is OCCCCCCCCCCCC(O)O. The number of hydrogen-bond donors (Lipinski definition) is 3. The van der Waals surface area contributed by atoms with Crippen LogP contribution in [0.2, 0.25) is 0 Å². The summed E-state index contributed by atoms with van der Waals surface area (Å²) >= 11 is 0. The largest absolute Gasteiger partial charge is 0.396 e. The lowest BCUT2D eigenvalue weighted by molar-refractivity contribution is -0.0466. The van der Waals surface area contributed by atoms with Crippen LogP contribution in [0, 0.1) is 0 Å². The maximum absolute atomic E-state index is 8.61. The summed E-state index contributed by atoms with van der Waals surface area (Å²) in [6, 6.07) is 0. The van der Waals surface area contributed by atoms with Crippen LogP contribution in [0.15, 0.2) is 0 Å². The second kappa shape index (κ2) is 12.0. The van der Waals surface area contributed by atoms with Gasteiger partial charge in [-0.1, -0.05) is 44.9 Å². The van der Waals surface area contributed by atoms with E-state index in [0.29, 0.717) is 13.0 Å². The highest BCUT2D eigenvalue weighted by atomic mass is 16.5.